The maximum Gasteiger partial charge on any atom is 0.119 e. The molecule has 1 aromatic carbocycles. The van der Waals surface area contributed by atoms with Crippen LogP contribution in [0.4, 0.5) is 0 Å². The van der Waals surface area contributed by atoms with Crippen molar-refractivity contribution in [2.75, 3.05) is 33.3 Å². The zero-order valence-corrected chi connectivity index (χ0v) is 14.5. The highest BCUT2D eigenvalue weighted by atomic mass is 32.1. The molecule has 2 aromatic rings. The van der Waals surface area contributed by atoms with Gasteiger partial charge >= 0.3 is 0 Å². The van der Waals surface area contributed by atoms with Gasteiger partial charge < -0.3 is 9.64 Å². The second-order valence-corrected chi connectivity index (χ2v) is 7.53. The molecule has 0 radical (unpaired) electrons. The number of thiophene rings is 1. The van der Waals surface area contributed by atoms with Crippen LogP contribution in [0, 0.1) is 0 Å². The van der Waals surface area contributed by atoms with Gasteiger partial charge in [0.05, 0.1) is 7.11 Å². The SMILES string of the molecule is COc1cccc(-c2ccsc2CN2CCN3CCC2CC3)c1. The van der Waals surface area contributed by atoms with Crippen LogP contribution in [-0.4, -0.2) is 49.1 Å². The molecule has 4 heterocycles. The molecule has 4 heteroatoms. The molecule has 3 nitrogen and oxygen atoms in total. The van der Waals surface area contributed by atoms with Gasteiger partial charge in [0.25, 0.3) is 0 Å². The molecule has 0 spiro atoms. The second kappa shape index (κ2) is 6.63. The highest BCUT2D eigenvalue weighted by molar-refractivity contribution is 7.10. The Morgan fingerprint density at radius 3 is 2.83 bits per heavy atom. The number of rotatable bonds is 4. The lowest BCUT2D eigenvalue weighted by atomic mass is 10.0. The smallest absolute Gasteiger partial charge is 0.119 e. The summed E-state index contributed by atoms with van der Waals surface area (Å²) in [5, 5.41) is 2.23. The van der Waals surface area contributed by atoms with Crippen molar-refractivity contribution < 1.29 is 4.74 Å². The molecule has 5 rings (SSSR count). The summed E-state index contributed by atoms with van der Waals surface area (Å²) in [6.07, 6.45) is 2.67. The third-order valence-electron chi connectivity index (χ3n) is 5.25. The first-order valence-electron chi connectivity index (χ1n) is 8.50. The van der Waals surface area contributed by atoms with E-state index < -0.39 is 0 Å². The van der Waals surface area contributed by atoms with Crippen molar-refractivity contribution in [2.45, 2.75) is 25.4 Å². The fourth-order valence-corrected chi connectivity index (χ4v) is 4.79. The summed E-state index contributed by atoms with van der Waals surface area (Å²) in [5.41, 5.74) is 2.64. The standard InChI is InChI=1S/C19H24N2OS/c1-22-17-4-2-3-15(13-17)18-7-12-23-19(18)14-21-11-10-20-8-5-16(21)6-9-20/h2-4,7,12-13,16H,5-6,8-11,14H2,1H3. The molecule has 0 atom stereocenters. The molecule has 0 amide bonds. The second-order valence-electron chi connectivity index (χ2n) is 6.53. The number of hydrogen-bond donors (Lipinski definition) is 0. The summed E-state index contributed by atoms with van der Waals surface area (Å²) in [6, 6.07) is 11.5. The van der Waals surface area contributed by atoms with Crippen LogP contribution in [0.5, 0.6) is 5.75 Å². The molecule has 122 valence electrons. The lowest BCUT2D eigenvalue weighted by Gasteiger charge is -2.31. The van der Waals surface area contributed by atoms with Gasteiger partial charge in [0, 0.05) is 30.6 Å². The van der Waals surface area contributed by atoms with Crippen molar-refractivity contribution in [3.63, 3.8) is 0 Å². The van der Waals surface area contributed by atoms with E-state index in [2.05, 4.69) is 39.4 Å². The van der Waals surface area contributed by atoms with E-state index in [4.69, 9.17) is 4.74 Å². The molecule has 3 saturated heterocycles. The van der Waals surface area contributed by atoms with Crippen molar-refractivity contribution >= 4 is 11.3 Å². The first-order valence-corrected chi connectivity index (χ1v) is 9.38. The van der Waals surface area contributed by atoms with Crippen LogP contribution in [0.3, 0.4) is 0 Å². The van der Waals surface area contributed by atoms with Crippen LogP contribution < -0.4 is 4.74 Å². The summed E-state index contributed by atoms with van der Waals surface area (Å²) in [4.78, 5) is 6.81. The van der Waals surface area contributed by atoms with Crippen molar-refractivity contribution in [1.29, 1.82) is 0 Å². The molecule has 3 fully saturated rings. The van der Waals surface area contributed by atoms with Gasteiger partial charge in [-0.15, -0.1) is 11.3 Å². The van der Waals surface area contributed by atoms with Crippen LogP contribution >= 0.6 is 11.3 Å². The largest absolute Gasteiger partial charge is 0.497 e. The maximum atomic E-state index is 5.39. The van der Waals surface area contributed by atoms with Crippen LogP contribution in [0.15, 0.2) is 35.7 Å². The van der Waals surface area contributed by atoms with E-state index in [1.54, 1.807) is 7.11 Å². The number of benzene rings is 1. The third kappa shape index (κ3) is 3.16. The molecule has 0 unspecified atom stereocenters. The molecule has 2 bridgehead atoms. The Balaban J connectivity index is 1.57. The van der Waals surface area contributed by atoms with Crippen LogP contribution in [0.1, 0.15) is 17.7 Å². The summed E-state index contributed by atoms with van der Waals surface area (Å²) < 4.78 is 5.39. The van der Waals surface area contributed by atoms with E-state index in [-0.39, 0.29) is 0 Å². The average Bonchev–Trinajstić information content (AvgIpc) is 2.89. The van der Waals surface area contributed by atoms with Gasteiger partial charge in [0.15, 0.2) is 0 Å². The zero-order valence-electron chi connectivity index (χ0n) is 13.7. The van der Waals surface area contributed by atoms with E-state index in [0.717, 1.165) is 18.3 Å². The van der Waals surface area contributed by atoms with E-state index in [1.807, 2.05) is 17.4 Å². The zero-order chi connectivity index (χ0) is 15.6. The minimum atomic E-state index is 0.772. The first kappa shape index (κ1) is 15.2. The van der Waals surface area contributed by atoms with E-state index in [9.17, 15) is 0 Å². The van der Waals surface area contributed by atoms with E-state index >= 15 is 0 Å². The van der Waals surface area contributed by atoms with Gasteiger partial charge in [0.2, 0.25) is 0 Å². The van der Waals surface area contributed by atoms with Gasteiger partial charge in [-0.2, -0.15) is 0 Å². The number of methoxy groups -OCH3 is 1. The lowest BCUT2D eigenvalue weighted by Crippen LogP contribution is -2.37. The molecule has 0 N–H and O–H groups in total. The Kier molecular flexibility index (Phi) is 4.38. The van der Waals surface area contributed by atoms with Crippen molar-refractivity contribution in [3.8, 4) is 16.9 Å². The van der Waals surface area contributed by atoms with Crippen molar-refractivity contribution in [1.82, 2.24) is 9.80 Å². The fraction of sp³-hybridized carbons (Fsp3) is 0.474. The molecule has 0 saturated carbocycles. The van der Waals surface area contributed by atoms with Crippen LogP contribution in [-0.2, 0) is 6.54 Å². The lowest BCUT2D eigenvalue weighted by molar-refractivity contribution is 0.178. The highest BCUT2D eigenvalue weighted by Crippen LogP contribution is 2.33. The predicted molar refractivity (Wildman–Crippen MR) is 96.2 cm³/mol. The summed E-state index contributed by atoms with van der Waals surface area (Å²) in [6.45, 7) is 6.10. The Hall–Kier alpha value is -1.36. The Labute approximate surface area is 142 Å². The van der Waals surface area contributed by atoms with Crippen LogP contribution in [0.2, 0.25) is 0 Å². The molecule has 3 aliphatic rings. The molecule has 0 aliphatic carbocycles. The number of hydrogen-bond acceptors (Lipinski definition) is 4. The minimum absolute atomic E-state index is 0.772. The monoisotopic (exact) mass is 328 g/mol. The van der Waals surface area contributed by atoms with Crippen molar-refractivity contribution in [3.05, 3.63) is 40.6 Å². The van der Waals surface area contributed by atoms with Gasteiger partial charge in [-0.3, -0.25) is 4.90 Å². The van der Waals surface area contributed by atoms with E-state index in [1.165, 1.54) is 55.0 Å². The Morgan fingerprint density at radius 2 is 2.00 bits per heavy atom. The summed E-state index contributed by atoms with van der Waals surface area (Å²) in [7, 11) is 1.73. The molecule has 1 aromatic heterocycles. The molecule has 3 aliphatic heterocycles. The Bertz CT molecular complexity index is 661. The van der Waals surface area contributed by atoms with Gasteiger partial charge in [0.1, 0.15) is 5.75 Å². The topological polar surface area (TPSA) is 15.7 Å². The first-order chi connectivity index (χ1) is 11.3. The third-order valence-corrected chi connectivity index (χ3v) is 6.16. The van der Waals surface area contributed by atoms with E-state index in [0.29, 0.717) is 0 Å². The quantitative estimate of drug-likeness (QED) is 0.851. The van der Waals surface area contributed by atoms with Crippen LogP contribution in [0.25, 0.3) is 11.1 Å². The van der Waals surface area contributed by atoms with Crippen molar-refractivity contribution in [2.24, 2.45) is 0 Å². The summed E-state index contributed by atoms with van der Waals surface area (Å²) >= 11 is 1.89. The minimum Gasteiger partial charge on any atom is -0.497 e. The van der Waals surface area contributed by atoms with Gasteiger partial charge in [-0.25, -0.2) is 0 Å². The number of ether oxygens (including phenoxy) is 1. The Morgan fingerprint density at radius 1 is 1.13 bits per heavy atom. The average molecular weight is 328 g/mol. The summed E-state index contributed by atoms with van der Waals surface area (Å²) in [5.74, 6) is 0.931. The molecular formula is C19H24N2OS. The number of fused-ring (bicyclic) bond motifs is 4. The molecular weight excluding hydrogens is 304 g/mol. The van der Waals surface area contributed by atoms with Gasteiger partial charge in [-0.1, -0.05) is 12.1 Å². The number of nitrogens with zero attached hydrogens (tertiary/aromatic N) is 2. The van der Waals surface area contributed by atoms with Gasteiger partial charge in [-0.05, 0) is 60.6 Å². The fourth-order valence-electron chi connectivity index (χ4n) is 3.86. The highest BCUT2D eigenvalue weighted by Gasteiger charge is 2.29. The molecule has 23 heavy (non-hydrogen) atoms. The normalized spacial score (nSPS) is 24.6. The predicted octanol–water partition coefficient (Wildman–Crippen LogP) is 3.70. The maximum absolute atomic E-state index is 5.39. The number of piperidine rings is 1.